The van der Waals surface area contributed by atoms with Crippen LogP contribution in [0, 0.1) is 0 Å². The summed E-state index contributed by atoms with van der Waals surface area (Å²) in [6.07, 6.45) is -3.41. The Morgan fingerprint density at radius 3 is 2.34 bits per heavy atom. The van der Waals surface area contributed by atoms with Crippen molar-refractivity contribution in [2.45, 2.75) is 17.2 Å². The summed E-state index contributed by atoms with van der Waals surface area (Å²) in [6, 6.07) is 11.6. The number of carbonyl (C=O) groups is 2. The first-order valence-electron chi connectivity index (χ1n) is 8.81. The Kier molecular flexibility index (Phi) is 7.13. The summed E-state index contributed by atoms with van der Waals surface area (Å²) in [4.78, 5) is 24.0. The number of ether oxygens (including phenoxy) is 1. The molecule has 4 nitrogen and oxygen atoms in total. The van der Waals surface area contributed by atoms with Crippen LogP contribution in [0.5, 0.6) is 0 Å². The van der Waals surface area contributed by atoms with E-state index in [4.69, 9.17) is 4.74 Å². The third-order valence-corrected chi connectivity index (χ3v) is 7.10. The molecule has 154 valence electrons. The zero-order valence-corrected chi connectivity index (χ0v) is 16.8. The lowest BCUT2D eigenvalue weighted by Crippen LogP contribution is -2.22. The van der Waals surface area contributed by atoms with E-state index in [-0.39, 0.29) is 11.3 Å². The lowest BCUT2D eigenvalue weighted by atomic mass is 10.1. The molecule has 0 aliphatic carbocycles. The van der Waals surface area contributed by atoms with Gasteiger partial charge in [0.25, 0.3) is 5.91 Å². The number of halogens is 3. The highest BCUT2D eigenvalue weighted by Gasteiger charge is 2.33. The van der Waals surface area contributed by atoms with Crippen molar-refractivity contribution in [3.05, 3.63) is 65.2 Å². The summed E-state index contributed by atoms with van der Waals surface area (Å²) < 4.78 is 44.2. The number of thioether (sulfide) groups is 2. The smallest absolute Gasteiger partial charge is 0.418 e. The van der Waals surface area contributed by atoms with E-state index in [1.54, 1.807) is 12.1 Å². The molecule has 9 heteroatoms. The van der Waals surface area contributed by atoms with Crippen LogP contribution < -0.4 is 5.32 Å². The molecular weight excluding hydrogens is 423 g/mol. The molecule has 0 aromatic heterocycles. The summed E-state index contributed by atoms with van der Waals surface area (Å²) in [5.74, 6) is 0.656. The second-order valence-corrected chi connectivity index (χ2v) is 8.94. The topological polar surface area (TPSA) is 55.4 Å². The van der Waals surface area contributed by atoms with Crippen LogP contribution in [0.4, 0.5) is 18.9 Å². The van der Waals surface area contributed by atoms with Crippen LogP contribution in [-0.4, -0.2) is 30.0 Å². The van der Waals surface area contributed by atoms with E-state index in [9.17, 15) is 22.8 Å². The fraction of sp³-hybridized carbons (Fsp3) is 0.300. The maximum Gasteiger partial charge on any atom is 0.418 e. The van der Waals surface area contributed by atoms with Crippen LogP contribution in [0.2, 0.25) is 0 Å². The molecule has 0 saturated carbocycles. The number of anilines is 1. The molecule has 0 radical (unpaired) electrons. The van der Waals surface area contributed by atoms with Crippen molar-refractivity contribution in [2.75, 3.05) is 23.4 Å². The average Bonchev–Trinajstić information content (AvgIpc) is 2.72. The third kappa shape index (κ3) is 5.93. The van der Waals surface area contributed by atoms with Crippen LogP contribution in [0.15, 0.2) is 48.5 Å². The SMILES string of the molecule is O=C(COC(=O)c1ccc(C2SCCCS2)cc1)Nc1ccccc1C(F)(F)F. The van der Waals surface area contributed by atoms with E-state index in [1.165, 1.54) is 18.6 Å². The lowest BCUT2D eigenvalue weighted by Gasteiger charge is -2.21. The van der Waals surface area contributed by atoms with Gasteiger partial charge in [-0.3, -0.25) is 4.79 Å². The van der Waals surface area contributed by atoms with Crippen LogP contribution in [0.3, 0.4) is 0 Å². The van der Waals surface area contributed by atoms with E-state index in [0.717, 1.165) is 29.2 Å². The first-order chi connectivity index (χ1) is 13.8. The molecule has 0 atom stereocenters. The van der Waals surface area contributed by atoms with Crippen molar-refractivity contribution < 1.29 is 27.5 Å². The van der Waals surface area contributed by atoms with E-state index in [0.29, 0.717) is 4.58 Å². The van der Waals surface area contributed by atoms with Gasteiger partial charge in [-0.25, -0.2) is 4.79 Å². The number of nitrogens with one attached hydrogen (secondary N) is 1. The Bertz CT molecular complexity index is 866. The second kappa shape index (κ2) is 9.58. The number of rotatable bonds is 5. The monoisotopic (exact) mass is 441 g/mol. The summed E-state index contributed by atoms with van der Waals surface area (Å²) in [5.41, 5.74) is 0.0439. The highest BCUT2D eigenvalue weighted by Crippen LogP contribution is 2.43. The van der Waals surface area contributed by atoms with Gasteiger partial charge < -0.3 is 10.1 Å². The predicted molar refractivity (Wildman–Crippen MR) is 109 cm³/mol. The molecule has 2 aromatic rings. The van der Waals surface area contributed by atoms with Gasteiger partial charge in [0.15, 0.2) is 6.61 Å². The normalized spacial score (nSPS) is 15.0. The fourth-order valence-corrected chi connectivity index (χ4v) is 5.59. The molecular formula is C20H18F3NO3S2. The molecule has 1 amide bonds. The highest BCUT2D eigenvalue weighted by molar-refractivity contribution is 8.16. The number of benzene rings is 2. The minimum atomic E-state index is -4.60. The number of alkyl halides is 3. The molecule has 1 fully saturated rings. The van der Waals surface area contributed by atoms with Crippen LogP contribution in [0.25, 0.3) is 0 Å². The number of hydrogen-bond acceptors (Lipinski definition) is 5. The van der Waals surface area contributed by atoms with Crippen LogP contribution in [-0.2, 0) is 15.7 Å². The summed E-state index contributed by atoms with van der Waals surface area (Å²) >= 11 is 3.72. The molecule has 0 spiro atoms. The van der Waals surface area contributed by atoms with Crippen molar-refractivity contribution in [3.63, 3.8) is 0 Å². The van der Waals surface area contributed by atoms with E-state index in [2.05, 4.69) is 5.32 Å². The number of amides is 1. The first kappa shape index (κ1) is 21.6. The van der Waals surface area contributed by atoms with Gasteiger partial charge in [0.2, 0.25) is 0 Å². The van der Waals surface area contributed by atoms with Gasteiger partial charge in [-0.2, -0.15) is 13.2 Å². The standard InChI is InChI=1S/C20H18F3NO3S2/c21-20(22,23)15-4-1-2-5-16(15)24-17(25)12-27-18(26)13-6-8-14(9-7-13)19-28-10-3-11-29-19/h1-2,4-9,19H,3,10-12H2,(H,24,25). The summed E-state index contributed by atoms with van der Waals surface area (Å²) in [5, 5.41) is 2.13. The third-order valence-electron chi connectivity index (χ3n) is 4.09. The molecule has 1 heterocycles. The quantitative estimate of drug-likeness (QED) is 0.633. The Labute approximate surface area is 174 Å². The van der Waals surface area contributed by atoms with Crippen molar-refractivity contribution in [1.82, 2.24) is 0 Å². The van der Waals surface area contributed by atoms with Gasteiger partial charge in [-0.05, 0) is 47.8 Å². The average molecular weight is 441 g/mol. The Hall–Kier alpha value is -2.13. The van der Waals surface area contributed by atoms with Crippen molar-refractivity contribution in [1.29, 1.82) is 0 Å². The molecule has 1 aliphatic heterocycles. The van der Waals surface area contributed by atoms with E-state index < -0.39 is 30.2 Å². The number of hydrogen-bond donors (Lipinski definition) is 1. The highest BCUT2D eigenvalue weighted by atomic mass is 32.2. The molecule has 0 unspecified atom stereocenters. The Morgan fingerprint density at radius 1 is 1.03 bits per heavy atom. The van der Waals surface area contributed by atoms with Gasteiger partial charge in [0, 0.05) is 0 Å². The largest absolute Gasteiger partial charge is 0.452 e. The van der Waals surface area contributed by atoms with E-state index in [1.807, 2.05) is 35.7 Å². The van der Waals surface area contributed by atoms with Crippen LogP contribution >= 0.6 is 23.5 Å². The zero-order chi connectivity index (χ0) is 20.9. The molecule has 3 rings (SSSR count). The Balaban J connectivity index is 1.55. The number of para-hydroxylation sites is 1. The Morgan fingerprint density at radius 2 is 1.69 bits per heavy atom. The predicted octanol–water partition coefficient (Wildman–Crippen LogP) is 5.37. The lowest BCUT2D eigenvalue weighted by molar-refractivity contribution is -0.137. The zero-order valence-electron chi connectivity index (χ0n) is 15.2. The van der Waals surface area contributed by atoms with Gasteiger partial charge in [-0.15, -0.1) is 23.5 Å². The van der Waals surface area contributed by atoms with Gasteiger partial charge in [0.1, 0.15) is 0 Å². The van der Waals surface area contributed by atoms with E-state index >= 15 is 0 Å². The van der Waals surface area contributed by atoms with Crippen molar-refractivity contribution in [2.24, 2.45) is 0 Å². The van der Waals surface area contributed by atoms with Gasteiger partial charge >= 0.3 is 12.1 Å². The molecule has 1 saturated heterocycles. The summed E-state index contributed by atoms with van der Waals surface area (Å²) in [7, 11) is 0. The molecule has 1 aliphatic rings. The minimum absolute atomic E-state index is 0.281. The fourth-order valence-electron chi connectivity index (χ4n) is 2.70. The van der Waals surface area contributed by atoms with Gasteiger partial charge in [0.05, 0.1) is 21.4 Å². The molecule has 2 aromatic carbocycles. The van der Waals surface area contributed by atoms with Crippen LogP contribution in [0.1, 0.15) is 32.5 Å². The molecule has 0 bridgehead atoms. The van der Waals surface area contributed by atoms with Gasteiger partial charge in [-0.1, -0.05) is 24.3 Å². The number of carbonyl (C=O) groups excluding carboxylic acids is 2. The van der Waals surface area contributed by atoms with Crippen molar-refractivity contribution >= 4 is 41.1 Å². The first-order valence-corrected chi connectivity index (χ1v) is 10.9. The maximum absolute atomic E-state index is 13.0. The number of esters is 1. The maximum atomic E-state index is 13.0. The van der Waals surface area contributed by atoms with Crippen molar-refractivity contribution in [3.8, 4) is 0 Å². The molecule has 1 N–H and O–H groups in total. The molecule has 29 heavy (non-hydrogen) atoms. The second-order valence-electron chi connectivity index (χ2n) is 6.22. The summed E-state index contributed by atoms with van der Waals surface area (Å²) in [6.45, 7) is -0.679. The minimum Gasteiger partial charge on any atom is -0.452 e.